The van der Waals surface area contributed by atoms with Crippen LogP contribution in [0.3, 0.4) is 0 Å². The number of nitrogens with one attached hydrogen (secondary N) is 2. The highest BCUT2D eigenvalue weighted by Crippen LogP contribution is 2.32. The van der Waals surface area contributed by atoms with Crippen molar-refractivity contribution in [3.63, 3.8) is 0 Å². The van der Waals surface area contributed by atoms with Gasteiger partial charge in [0.15, 0.2) is 6.10 Å². The van der Waals surface area contributed by atoms with Crippen molar-refractivity contribution in [2.24, 2.45) is 0 Å². The molecule has 112 valence electrons. The largest absolute Gasteiger partial charge is 0.479 e. The second-order valence-corrected chi connectivity index (χ2v) is 5.17. The summed E-state index contributed by atoms with van der Waals surface area (Å²) >= 11 is 5.68. The van der Waals surface area contributed by atoms with Crippen LogP contribution in [0.2, 0.25) is 5.15 Å². The van der Waals surface area contributed by atoms with Crippen molar-refractivity contribution in [1.29, 1.82) is 0 Å². The van der Waals surface area contributed by atoms with E-state index < -0.39 is 6.10 Å². The van der Waals surface area contributed by atoms with E-state index in [0.29, 0.717) is 27.8 Å². The van der Waals surface area contributed by atoms with E-state index in [1.165, 1.54) is 6.20 Å². The Kier molecular flexibility index (Phi) is 3.68. The lowest BCUT2D eigenvalue weighted by atomic mass is 10.2. The van der Waals surface area contributed by atoms with Crippen LogP contribution in [0.15, 0.2) is 36.5 Å². The van der Waals surface area contributed by atoms with E-state index in [-0.39, 0.29) is 11.8 Å². The number of halogens is 1. The number of nitrogens with zero attached hydrogens (tertiary/aromatic N) is 1. The minimum Gasteiger partial charge on any atom is -0.479 e. The molecular formula is C15H12ClN3O3. The third kappa shape index (κ3) is 2.87. The molecule has 0 saturated carbocycles. The molecule has 2 amide bonds. The van der Waals surface area contributed by atoms with E-state index in [4.69, 9.17) is 16.3 Å². The molecule has 1 atom stereocenters. The molecule has 7 heteroatoms. The van der Waals surface area contributed by atoms with Gasteiger partial charge in [-0.15, -0.1) is 0 Å². The minimum atomic E-state index is -0.534. The van der Waals surface area contributed by atoms with Gasteiger partial charge >= 0.3 is 0 Å². The normalized spacial score (nSPS) is 16.3. The maximum atomic E-state index is 12.1. The Labute approximate surface area is 131 Å². The van der Waals surface area contributed by atoms with E-state index in [0.717, 1.165) is 0 Å². The first-order chi connectivity index (χ1) is 10.5. The molecule has 2 N–H and O–H groups in total. The smallest absolute Gasteiger partial charge is 0.265 e. The average molecular weight is 318 g/mol. The topological polar surface area (TPSA) is 80.3 Å². The van der Waals surface area contributed by atoms with Crippen molar-refractivity contribution >= 4 is 34.8 Å². The molecule has 0 bridgehead atoms. The number of hydrogen-bond acceptors (Lipinski definition) is 4. The molecular weight excluding hydrogens is 306 g/mol. The van der Waals surface area contributed by atoms with Crippen LogP contribution in [0.4, 0.5) is 11.4 Å². The summed E-state index contributed by atoms with van der Waals surface area (Å²) in [6, 6.07) is 8.15. The summed E-state index contributed by atoms with van der Waals surface area (Å²) in [5.41, 5.74) is 1.45. The van der Waals surface area contributed by atoms with Gasteiger partial charge in [0.2, 0.25) is 0 Å². The molecule has 1 aliphatic heterocycles. The number of ether oxygens (including phenoxy) is 1. The van der Waals surface area contributed by atoms with E-state index in [9.17, 15) is 9.59 Å². The number of fused-ring (bicyclic) bond motifs is 1. The fourth-order valence-corrected chi connectivity index (χ4v) is 2.11. The third-order valence-electron chi connectivity index (χ3n) is 3.16. The van der Waals surface area contributed by atoms with Crippen LogP contribution in [0, 0.1) is 0 Å². The molecule has 0 fully saturated rings. The number of carbonyl (C=O) groups is 2. The van der Waals surface area contributed by atoms with Crippen molar-refractivity contribution in [1.82, 2.24) is 4.98 Å². The molecule has 3 rings (SSSR count). The predicted molar refractivity (Wildman–Crippen MR) is 82.4 cm³/mol. The van der Waals surface area contributed by atoms with Crippen molar-refractivity contribution in [3.8, 4) is 5.75 Å². The number of anilines is 2. The van der Waals surface area contributed by atoms with Crippen molar-refractivity contribution in [2.75, 3.05) is 10.6 Å². The molecule has 0 radical (unpaired) electrons. The van der Waals surface area contributed by atoms with Crippen molar-refractivity contribution in [3.05, 3.63) is 47.2 Å². The average Bonchev–Trinajstić information content (AvgIpc) is 2.49. The number of pyridine rings is 1. The zero-order chi connectivity index (χ0) is 15.7. The fraction of sp³-hybridized carbons (Fsp3) is 0.133. The van der Waals surface area contributed by atoms with Gasteiger partial charge in [-0.25, -0.2) is 4.98 Å². The summed E-state index contributed by atoms with van der Waals surface area (Å²) < 4.78 is 5.45. The molecule has 1 aromatic heterocycles. The first-order valence-corrected chi connectivity index (χ1v) is 6.95. The van der Waals surface area contributed by atoms with E-state index >= 15 is 0 Å². The molecule has 2 heterocycles. The van der Waals surface area contributed by atoms with Crippen LogP contribution in [0.5, 0.6) is 5.75 Å². The van der Waals surface area contributed by atoms with E-state index in [1.807, 2.05) is 0 Å². The van der Waals surface area contributed by atoms with Gasteiger partial charge < -0.3 is 15.4 Å². The quantitative estimate of drug-likeness (QED) is 0.835. The number of hydrogen-bond donors (Lipinski definition) is 2. The van der Waals surface area contributed by atoms with Gasteiger partial charge in [0, 0.05) is 11.9 Å². The molecule has 1 aromatic carbocycles. The Morgan fingerprint density at radius 1 is 1.36 bits per heavy atom. The Morgan fingerprint density at radius 3 is 2.91 bits per heavy atom. The maximum Gasteiger partial charge on any atom is 0.265 e. The lowest BCUT2D eigenvalue weighted by Crippen LogP contribution is -2.34. The summed E-state index contributed by atoms with van der Waals surface area (Å²) in [5.74, 6) is 0.0247. The van der Waals surface area contributed by atoms with Gasteiger partial charge in [0.25, 0.3) is 11.8 Å². The first kappa shape index (κ1) is 14.3. The number of aromatic nitrogens is 1. The minimum absolute atomic E-state index is 0.224. The zero-order valence-corrected chi connectivity index (χ0v) is 12.3. The molecule has 0 aliphatic carbocycles. The molecule has 0 unspecified atom stereocenters. The van der Waals surface area contributed by atoms with E-state index in [1.54, 1.807) is 37.3 Å². The van der Waals surface area contributed by atoms with Gasteiger partial charge in [-0.2, -0.15) is 0 Å². The molecule has 22 heavy (non-hydrogen) atoms. The predicted octanol–water partition coefficient (Wildman–Crippen LogP) is 2.71. The summed E-state index contributed by atoms with van der Waals surface area (Å²) in [4.78, 5) is 27.6. The van der Waals surface area contributed by atoms with Crippen LogP contribution < -0.4 is 15.4 Å². The fourth-order valence-electron chi connectivity index (χ4n) is 2.00. The lowest BCUT2D eigenvalue weighted by Gasteiger charge is -2.23. The zero-order valence-electron chi connectivity index (χ0n) is 11.6. The number of amides is 2. The van der Waals surface area contributed by atoms with Crippen molar-refractivity contribution in [2.45, 2.75) is 13.0 Å². The second-order valence-electron chi connectivity index (χ2n) is 4.78. The van der Waals surface area contributed by atoms with Crippen LogP contribution in [-0.4, -0.2) is 22.9 Å². The van der Waals surface area contributed by atoms with Gasteiger partial charge in [0.05, 0.1) is 11.3 Å². The molecule has 6 nitrogen and oxygen atoms in total. The van der Waals surface area contributed by atoms with Gasteiger partial charge in [-0.1, -0.05) is 11.6 Å². The van der Waals surface area contributed by atoms with Gasteiger partial charge in [0.1, 0.15) is 10.9 Å². The highest BCUT2D eigenvalue weighted by Gasteiger charge is 2.23. The van der Waals surface area contributed by atoms with E-state index in [2.05, 4.69) is 15.6 Å². The first-order valence-electron chi connectivity index (χ1n) is 6.57. The highest BCUT2D eigenvalue weighted by molar-refractivity contribution is 6.29. The van der Waals surface area contributed by atoms with Crippen LogP contribution in [0.1, 0.15) is 17.3 Å². The molecule has 0 spiro atoms. The Morgan fingerprint density at radius 2 is 2.18 bits per heavy atom. The van der Waals surface area contributed by atoms with Crippen LogP contribution in [0.25, 0.3) is 0 Å². The molecule has 1 aliphatic rings. The Balaban J connectivity index is 1.79. The van der Waals surface area contributed by atoms with Crippen molar-refractivity contribution < 1.29 is 14.3 Å². The Hall–Kier alpha value is -2.60. The second kappa shape index (κ2) is 5.65. The van der Waals surface area contributed by atoms with Gasteiger partial charge in [-0.05, 0) is 37.3 Å². The third-order valence-corrected chi connectivity index (χ3v) is 3.38. The number of carbonyl (C=O) groups excluding carboxylic acids is 2. The molecule has 0 saturated heterocycles. The SMILES string of the molecule is C[C@@H]1Oc2ccc(NC(=O)c3ccc(Cl)nc3)cc2NC1=O. The monoisotopic (exact) mass is 317 g/mol. The maximum absolute atomic E-state index is 12.1. The highest BCUT2D eigenvalue weighted by atomic mass is 35.5. The standard InChI is InChI=1S/C15H12ClN3O3/c1-8-14(20)19-11-6-10(3-4-12(11)22-8)18-15(21)9-2-5-13(16)17-7-9/h2-8H,1H3,(H,18,21)(H,19,20)/t8-/m0/s1. The summed E-state index contributed by atoms with van der Waals surface area (Å²) in [6.45, 7) is 1.67. The van der Waals surface area contributed by atoms with Crippen LogP contribution >= 0.6 is 11.6 Å². The number of benzene rings is 1. The lowest BCUT2D eigenvalue weighted by molar-refractivity contribution is -0.122. The summed E-state index contributed by atoms with van der Waals surface area (Å²) in [7, 11) is 0. The number of rotatable bonds is 2. The summed E-state index contributed by atoms with van der Waals surface area (Å²) in [5, 5.41) is 5.77. The van der Waals surface area contributed by atoms with Gasteiger partial charge in [-0.3, -0.25) is 9.59 Å². The molecule has 2 aromatic rings. The summed E-state index contributed by atoms with van der Waals surface area (Å²) in [6.07, 6.45) is 0.857. The van der Waals surface area contributed by atoms with Crippen LogP contribution in [-0.2, 0) is 4.79 Å². The Bertz CT molecular complexity index is 746.